The van der Waals surface area contributed by atoms with Crippen LogP contribution in [0.15, 0.2) is 46.0 Å². The standard InChI is InChI=1S/C16H12BrIN2O4/c17-10-5-9(15(21)11(18)6-10)7-19-20-16(22)14-8-23-12-3-1-2-4-13(12)24-14/h1-7,14,21H,8H2,(H,20,22)/b19-7-/t14-/m0/s1. The molecule has 2 aromatic rings. The highest BCUT2D eigenvalue weighted by Gasteiger charge is 2.27. The molecule has 0 saturated carbocycles. The summed E-state index contributed by atoms with van der Waals surface area (Å²) >= 11 is 5.36. The normalized spacial score (nSPS) is 16.2. The van der Waals surface area contributed by atoms with Crippen LogP contribution in [0.25, 0.3) is 0 Å². The summed E-state index contributed by atoms with van der Waals surface area (Å²) in [5.74, 6) is 0.804. The Kier molecular flexibility index (Phi) is 5.24. The van der Waals surface area contributed by atoms with Crippen LogP contribution in [-0.4, -0.2) is 29.9 Å². The smallest absolute Gasteiger partial charge is 0.284 e. The Hall–Kier alpha value is -1.81. The third-order valence-electron chi connectivity index (χ3n) is 3.24. The summed E-state index contributed by atoms with van der Waals surface area (Å²) in [6.45, 7) is 0.110. The van der Waals surface area contributed by atoms with E-state index in [1.807, 2.05) is 28.7 Å². The quantitative estimate of drug-likeness (QED) is 0.384. The zero-order chi connectivity index (χ0) is 17.1. The molecule has 2 N–H and O–H groups in total. The van der Waals surface area contributed by atoms with Crippen LogP contribution < -0.4 is 14.9 Å². The number of amides is 1. The largest absolute Gasteiger partial charge is 0.506 e. The maximum atomic E-state index is 12.1. The number of aromatic hydroxyl groups is 1. The van der Waals surface area contributed by atoms with Crippen molar-refractivity contribution in [2.75, 3.05) is 6.61 Å². The minimum Gasteiger partial charge on any atom is -0.506 e. The number of carbonyl (C=O) groups is 1. The van der Waals surface area contributed by atoms with E-state index in [0.717, 1.165) is 4.47 Å². The van der Waals surface area contributed by atoms with Gasteiger partial charge in [-0.2, -0.15) is 5.10 Å². The highest BCUT2D eigenvalue weighted by Crippen LogP contribution is 2.31. The molecule has 0 unspecified atom stereocenters. The molecule has 8 heteroatoms. The fraction of sp³-hybridized carbons (Fsp3) is 0.125. The number of nitrogens with one attached hydrogen (secondary N) is 1. The Labute approximate surface area is 160 Å². The van der Waals surface area contributed by atoms with Gasteiger partial charge in [-0.25, -0.2) is 5.43 Å². The van der Waals surface area contributed by atoms with Crippen molar-refractivity contribution < 1.29 is 19.4 Å². The van der Waals surface area contributed by atoms with E-state index in [2.05, 4.69) is 26.5 Å². The molecule has 1 atom stereocenters. The van der Waals surface area contributed by atoms with Crippen LogP contribution in [-0.2, 0) is 4.79 Å². The molecule has 3 rings (SSSR count). The van der Waals surface area contributed by atoms with Crippen molar-refractivity contribution in [2.45, 2.75) is 6.10 Å². The summed E-state index contributed by atoms with van der Waals surface area (Å²) in [6, 6.07) is 10.6. The van der Waals surface area contributed by atoms with E-state index in [4.69, 9.17) is 9.47 Å². The molecule has 124 valence electrons. The van der Waals surface area contributed by atoms with E-state index < -0.39 is 12.0 Å². The molecule has 1 aliphatic rings. The number of phenolic OH excluding ortho intramolecular Hbond substituents is 1. The zero-order valence-electron chi connectivity index (χ0n) is 12.2. The fourth-order valence-corrected chi connectivity index (χ4v) is 3.62. The third kappa shape index (κ3) is 3.81. The highest BCUT2D eigenvalue weighted by atomic mass is 127. The van der Waals surface area contributed by atoms with Crippen LogP contribution in [0, 0.1) is 3.57 Å². The topological polar surface area (TPSA) is 80.2 Å². The maximum Gasteiger partial charge on any atom is 0.284 e. The Bertz CT molecular complexity index is 813. The molecule has 0 bridgehead atoms. The number of benzene rings is 2. The Balaban J connectivity index is 1.64. The van der Waals surface area contributed by atoms with Crippen LogP contribution in [0.3, 0.4) is 0 Å². The zero-order valence-corrected chi connectivity index (χ0v) is 15.9. The average Bonchev–Trinajstić information content (AvgIpc) is 2.58. The first kappa shape index (κ1) is 17.0. The van der Waals surface area contributed by atoms with E-state index in [1.165, 1.54) is 6.21 Å². The number of phenols is 1. The number of nitrogens with zero attached hydrogens (tertiary/aromatic N) is 1. The van der Waals surface area contributed by atoms with Gasteiger partial charge in [-0.3, -0.25) is 4.79 Å². The van der Waals surface area contributed by atoms with Crippen LogP contribution >= 0.6 is 38.5 Å². The molecule has 1 aliphatic heterocycles. The van der Waals surface area contributed by atoms with Gasteiger partial charge in [0.15, 0.2) is 11.5 Å². The first-order chi connectivity index (χ1) is 11.5. The highest BCUT2D eigenvalue weighted by molar-refractivity contribution is 14.1. The maximum absolute atomic E-state index is 12.1. The summed E-state index contributed by atoms with van der Waals surface area (Å²) in [4.78, 5) is 12.1. The first-order valence-electron chi connectivity index (χ1n) is 6.94. The van der Waals surface area contributed by atoms with Crippen LogP contribution in [0.1, 0.15) is 5.56 Å². The summed E-state index contributed by atoms with van der Waals surface area (Å²) in [5.41, 5.74) is 2.88. The molecule has 0 spiro atoms. The molecule has 0 saturated heterocycles. The minimum atomic E-state index is -0.784. The van der Waals surface area contributed by atoms with Crippen molar-refractivity contribution in [1.29, 1.82) is 0 Å². The second-order valence-corrected chi connectivity index (χ2v) is 7.00. The molecule has 0 radical (unpaired) electrons. The van der Waals surface area contributed by atoms with Gasteiger partial charge in [-0.05, 0) is 46.9 Å². The van der Waals surface area contributed by atoms with Crippen molar-refractivity contribution in [3.05, 3.63) is 50.0 Å². The average molecular weight is 503 g/mol. The van der Waals surface area contributed by atoms with E-state index in [0.29, 0.717) is 20.6 Å². The molecule has 1 heterocycles. The number of hydrogen-bond acceptors (Lipinski definition) is 5. The van der Waals surface area contributed by atoms with Gasteiger partial charge < -0.3 is 14.6 Å². The molecule has 2 aromatic carbocycles. The van der Waals surface area contributed by atoms with E-state index in [-0.39, 0.29) is 12.4 Å². The fourth-order valence-electron chi connectivity index (χ4n) is 2.07. The molecule has 6 nitrogen and oxygen atoms in total. The van der Waals surface area contributed by atoms with Gasteiger partial charge >= 0.3 is 0 Å². The number of fused-ring (bicyclic) bond motifs is 1. The first-order valence-corrected chi connectivity index (χ1v) is 8.81. The number of ether oxygens (including phenoxy) is 2. The van der Waals surface area contributed by atoms with Crippen molar-refractivity contribution in [3.63, 3.8) is 0 Å². The van der Waals surface area contributed by atoms with Crippen molar-refractivity contribution >= 4 is 50.6 Å². The Morgan fingerprint density at radius 1 is 1.38 bits per heavy atom. The van der Waals surface area contributed by atoms with Crippen molar-refractivity contribution in [2.24, 2.45) is 5.10 Å². The molecular formula is C16H12BrIN2O4. The number of halogens is 2. The van der Waals surface area contributed by atoms with Crippen molar-refractivity contribution in [1.82, 2.24) is 5.43 Å². The summed E-state index contributed by atoms with van der Waals surface area (Å²) in [7, 11) is 0. The number of rotatable bonds is 3. The number of para-hydroxylation sites is 2. The summed E-state index contributed by atoms with van der Waals surface area (Å²) < 4.78 is 12.6. The lowest BCUT2D eigenvalue weighted by molar-refractivity contribution is -0.130. The molecule has 1 amide bonds. The lowest BCUT2D eigenvalue weighted by Gasteiger charge is -2.24. The lowest BCUT2D eigenvalue weighted by Crippen LogP contribution is -2.42. The Morgan fingerprint density at radius 3 is 2.92 bits per heavy atom. The molecular weight excluding hydrogens is 491 g/mol. The molecule has 24 heavy (non-hydrogen) atoms. The van der Waals surface area contributed by atoms with Gasteiger partial charge in [-0.1, -0.05) is 28.1 Å². The van der Waals surface area contributed by atoms with Crippen LogP contribution in [0.2, 0.25) is 0 Å². The molecule has 0 fully saturated rings. The van der Waals surface area contributed by atoms with Gasteiger partial charge in [-0.15, -0.1) is 0 Å². The van der Waals surface area contributed by atoms with Crippen LogP contribution in [0.5, 0.6) is 17.2 Å². The van der Waals surface area contributed by atoms with Gasteiger partial charge in [0.1, 0.15) is 12.4 Å². The number of carbonyl (C=O) groups excluding carboxylic acids is 1. The summed E-state index contributed by atoms with van der Waals surface area (Å²) in [6.07, 6.45) is 0.589. The predicted molar refractivity (Wildman–Crippen MR) is 101 cm³/mol. The van der Waals surface area contributed by atoms with E-state index >= 15 is 0 Å². The Morgan fingerprint density at radius 2 is 2.12 bits per heavy atom. The predicted octanol–water partition coefficient (Wildman–Crippen LogP) is 3.05. The number of hydrogen-bond donors (Lipinski definition) is 2. The van der Waals surface area contributed by atoms with E-state index in [9.17, 15) is 9.90 Å². The van der Waals surface area contributed by atoms with Gasteiger partial charge in [0.2, 0.25) is 6.10 Å². The second-order valence-electron chi connectivity index (χ2n) is 4.92. The molecule has 0 aliphatic carbocycles. The molecule has 0 aromatic heterocycles. The van der Waals surface area contributed by atoms with Gasteiger partial charge in [0.05, 0.1) is 9.78 Å². The third-order valence-corrected chi connectivity index (χ3v) is 4.52. The van der Waals surface area contributed by atoms with Gasteiger partial charge in [0, 0.05) is 10.0 Å². The van der Waals surface area contributed by atoms with Gasteiger partial charge in [0.25, 0.3) is 5.91 Å². The lowest BCUT2D eigenvalue weighted by atomic mass is 10.2. The SMILES string of the molecule is O=C(N/N=C\c1cc(Br)cc(I)c1O)[C@@H]1COc2ccccc2O1. The second kappa shape index (κ2) is 7.39. The van der Waals surface area contributed by atoms with E-state index in [1.54, 1.807) is 30.3 Å². The number of hydrazone groups is 1. The monoisotopic (exact) mass is 502 g/mol. The van der Waals surface area contributed by atoms with Crippen molar-refractivity contribution in [3.8, 4) is 17.2 Å². The minimum absolute atomic E-state index is 0.1000. The van der Waals surface area contributed by atoms with Crippen LogP contribution in [0.4, 0.5) is 0 Å². The summed E-state index contributed by atoms with van der Waals surface area (Å²) in [5, 5.41) is 13.8.